The molecule has 1 heterocycles. The minimum absolute atomic E-state index is 0. The van der Waals surface area contributed by atoms with Gasteiger partial charge in [0.25, 0.3) is 0 Å². The van der Waals surface area contributed by atoms with Gasteiger partial charge in [-0.1, -0.05) is 6.92 Å². The van der Waals surface area contributed by atoms with Crippen LogP contribution in [0, 0.1) is 0 Å². The number of hydrogen-bond donors (Lipinski definition) is 2. The van der Waals surface area contributed by atoms with Crippen molar-refractivity contribution in [3.8, 4) is 0 Å². The second-order valence-electron chi connectivity index (χ2n) is 3.81. The molecule has 0 atom stereocenters. The number of nitrogens with one attached hydrogen (secondary N) is 2. The standard InChI is InChI=1S/C12H23N5.HI/c1-3-7-14-12(13-4-2)15-8-5-10-17-11-6-9-16-17;/h6,9,11H,3-5,7-8,10H2,1-2H3,(H2,13,14,15);1H. The van der Waals surface area contributed by atoms with E-state index < -0.39 is 0 Å². The topological polar surface area (TPSA) is 54.2 Å². The number of aliphatic imine (C=N–C) groups is 1. The highest BCUT2D eigenvalue weighted by molar-refractivity contribution is 14.0. The van der Waals surface area contributed by atoms with E-state index in [-0.39, 0.29) is 24.0 Å². The van der Waals surface area contributed by atoms with E-state index in [2.05, 4.69) is 34.6 Å². The van der Waals surface area contributed by atoms with Crippen molar-refractivity contribution in [1.29, 1.82) is 0 Å². The van der Waals surface area contributed by atoms with E-state index >= 15 is 0 Å². The quantitative estimate of drug-likeness (QED) is 0.336. The lowest BCUT2D eigenvalue weighted by Gasteiger charge is -2.10. The Hall–Kier alpha value is -0.790. The van der Waals surface area contributed by atoms with Crippen molar-refractivity contribution in [1.82, 2.24) is 20.4 Å². The average molecular weight is 365 g/mol. The van der Waals surface area contributed by atoms with Gasteiger partial charge in [0.2, 0.25) is 0 Å². The number of hydrogen-bond acceptors (Lipinski definition) is 2. The number of aryl methyl sites for hydroxylation is 1. The lowest BCUT2D eigenvalue weighted by atomic mass is 10.4. The molecule has 0 radical (unpaired) electrons. The molecule has 0 amide bonds. The maximum absolute atomic E-state index is 4.44. The molecule has 0 spiro atoms. The first kappa shape index (κ1) is 17.2. The highest BCUT2D eigenvalue weighted by Crippen LogP contribution is 1.88. The third-order valence-electron chi connectivity index (χ3n) is 2.25. The molecule has 2 N–H and O–H groups in total. The predicted octanol–water partition coefficient (Wildman–Crippen LogP) is 1.86. The lowest BCUT2D eigenvalue weighted by Crippen LogP contribution is -2.38. The van der Waals surface area contributed by atoms with Gasteiger partial charge in [0.15, 0.2) is 5.96 Å². The molecule has 0 fully saturated rings. The SMILES string of the molecule is CCCN=C(NCC)NCCCn1cccn1.I. The van der Waals surface area contributed by atoms with Crippen molar-refractivity contribution in [3.05, 3.63) is 18.5 Å². The van der Waals surface area contributed by atoms with E-state index in [1.807, 2.05) is 16.9 Å². The molecule has 18 heavy (non-hydrogen) atoms. The Morgan fingerprint density at radius 3 is 2.78 bits per heavy atom. The van der Waals surface area contributed by atoms with Crippen molar-refractivity contribution in [2.75, 3.05) is 19.6 Å². The fourth-order valence-corrected chi connectivity index (χ4v) is 1.45. The van der Waals surface area contributed by atoms with Crippen LogP contribution >= 0.6 is 24.0 Å². The average Bonchev–Trinajstić information content (AvgIpc) is 2.84. The summed E-state index contributed by atoms with van der Waals surface area (Å²) >= 11 is 0. The van der Waals surface area contributed by atoms with E-state index in [9.17, 15) is 0 Å². The third-order valence-corrected chi connectivity index (χ3v) is 2.25. The molecule has 0 saturated heterocycles. The van der Waals surface area contributed by atoms with Crippen LogP contribution in [0.25, 0.3) is 0 Å². The number of nitrogens with zero attached hydrogens (tertiary/aromatic N) is 3. The number of aromatic nitrogens is 2. The Balaban J connectivity index is 0.00000289. The van der Waals surface area contributed by atoms with Crippen LogP contribution < -0.4 is 10.6 Å². The highest BCUT2D eigenvalue weighted by atomic mass is 127. The molecule has 104 valence electrons. The van der Waals surface area contributed by atoms with Crippen LogP contribution in [0.3, 0.4) is 0 Å². The number of rotatable bonds is 7. The van der Waals surface area contributed by atoms with Gasteiger partial charge >= 0.3 is 0 Å². The van der Waals surface area contributed by atoms with Crippen molar-refractivity contribution >= 4 is 29.9 Å². The second kappa shape index (κ2) is 11.3. The van der Waals surface area contributed by atoms with Gasteiger partial charge in [0, 0.05) is 38.6 Å². The van der Waals surface area contributed by atoms with E-state index in [0.717, 1.165) is 45.0 Å². The third kappa shape index (κ3) is 7.52. The fourth-order valence-electron chi connectivity index (χ4n) is 1.45. The summed E-state index contributed by atoms with van der Waals surface area (Å²) in [4.78, 5) is 4.44. The van der Waals surface area contributed by atoms with Crippen molar-refractivity contribution in [3.63, 3.8) is 0 Å². The minimum atomic E-state index is 0. The molecule has 6 heteroatoms. The molecule has 1 rings (SSSR count). The van der Waals surface area contributed by atoms with Gasteiger partial charge in [0.1, 0.15) is 0 Å². The predicted molar refractivity (Wildman–Crippen MR) is 86.5 cm³/mol. The van der Waals surface area contributed by atoms with Crippen LogP contribution in [0.4, 0.5) is 0 Å². The molecule has 5 nitrogen and oxygen atoms in total. The Kier molecular flexibility index (Phi) is 10.8. The Morgan fingerprint density at radius 2 is 2.17 bits per heavy atom. The van der Waals surface area contributed by atoms with Gasteiger partial charge in [-0.05, 0) is 25.8 Å². The zero-order valence-corrected chi connectivity index (χ0v) is 13.6. The zero-order chi connectivity index (χ0) is 12.3. The van der Waals surface area contributed by atoms with Gasteiger partial charge in [-0.15, -0.1) is 24.0 Å². The summed E-state index contributed by atoms with van der Waals surface area (Å²) in [6, 6.07) is 1.94. The van der Waals surface area contributed by atoms with E-state index in [4.69, 9.17) is 0 Å². The Labute approximate surface area is 126 Å². The second-order valence-corrected chi connectivity index (χ2v) is 3.81. The maximum Gasteiger partial charge on any atom is 0.191 e. The van der Waals surface area contributed by atoms with Gasteiger partial charge < -0.3 is 10.6 Å². The van der Waals surface area contributed by atoms with E-state index in [1.54, 1.807) is 6.20 Å². The van der Waals surface area contributed by atoms with Crippen LogP contribution in [0.15, 0.2) is 23.5 Å². The molecule has 0 saturated carbocycles. The molecule has 1 aromatic heterocycles. The summed E-state index contributed by atoms with van der Waals surface area (Å²) in [6.07, 6.45) is 5.90. The Morgan fingerprint density at radius 1 is 1.33 bits per heavy atom. The summed E-state index contributed by atoms with van der Waals surface area (Å²) in [7, 11) is 0. The summed E-state index contributed by atoms with van der Waals surface area (Å²) in [5, 5.41) is 10.7. The largest absolute Gasteiger partial charge is 0.357 e. The van der Waals surface area contributed by atoms with Gasteiger partial charge in [-0.2, -0.15) is 5.10 Å². The Bertz CT molecular complexity index is 310. The van der Waals surface area contributed by atoms with Crippen molar-refractivity contribution in [2.24, 2.45) is 4.99 Å². The molecule has 0 aliphatic carbocycles. The van der Waals surface area contributed by atoms with Crippen LogP contribution in [0.5, 0.6) is 0 Å². The molecule has 0 aromatic carbocycles. The molecular weight excluding hydrogens is 341 g/mol. The van der Waals surface area contributed by atoms with Crippen LogP contribution in [0.1, 0.15) is 26.7 Å². The fraction of sp³-hybridized carbons (Fsp3) is 0.667. The number of halogens is 1. The highest BCUT2D eigenvalue weighted by Gasteiger charge is 1.96. The lowest BCUT2D eigenvalue weighted by molar-refractivity contribution is 0.570. The monoisotopic (exact) mass is 365 g/mol. The number of guanidine groups is 1. The minimum Gasteiger partial charge on any atom is -0.357 e. The first-order valence-electron chi connectivity index (χ1n) is 6.36. The first-order valence-corrected chi connectivity index (χ1v) is 6.36. The van der Waals surface area contributed by atoms with Gasteiger partial charge in [-0.25, -0.2) is 0 Å². The normalized spacial score (nSPS) is 10.9. The van der Waals surface area contributed by atoms with E-state index in [1.165, 1.54) is 0 Å². The van der Waals surface area contributed by atoms with Crippen molar-refractivity contribution < 1.29 is 0 Å². The van der Waals surface area contributed by atoms with Crippen LogP contribution in [-0.2, 0) is 6.54 Å². The first-order chi connectivity index (χ1) is 8.36. The summed E-state index contributed by atoms with van der Waals surface area (Å²) in [6.45, 7) is 7.82. The van der Waals surface area contributed by atoms with E-state index in [0.29, 0.717) is 0 Å². The molecule has 0 bridgehead atoms. The van der Waals surface area contributed by atoms with Crippen LogP contribution in [-0.4, -0.2) is 35.4 Å². The van der Waals surface area contributed by atoms with Gasteiger partial charge in [0.05, 0.1) is 0 Å². The van der Waals surface area contributed by atoms with Crippen LogP contribution in [0.2, 0.25) is 0 Å². The maximum atomic E-state index is 4.44. The molecule has 0 unspecified atom stereocenters. The smallest absolute Gasteiger partial charge is 0.191 e. The summed E-state index contributed by atoms with van der Waals surface area (Å²) in [5.74, 6) is 0.912. The summed E-state index contributed by atoms with van der Waals surface area (Å²) < 4.78 is 1.94. The molecular formula is C12H24IN5. The molecule has 1 aromatic rings. The zero-order valence-electron chi connectivity index (χ0n) is 11.2. The van der Waals surface area contributed by atoms with Crippen molar-refractivity contribution in [2.45, 2.75) is 33.2 Å². The molecule has 0 aliphatic heterocycles. The summed E-state index contributed by atoms with van der Waals surface area (Å²) in [5.41, 5.74) is 0. The van der Waals surface area contributed by atoms with Gasteiger partial charge in [-0.3, -0.25) is 9.67 Å². The molecule has 0 aliphatic rings.